The number of rotatable bonds is 2. The number of pyridine rings is 1. The molecule has 0 aromatic carbocycles. The summed E-state index contributed by atoms with van der Waals surface area (Å²) in [5.41, 5.74) is 0.153. The van der Waals surface area contributed by atoms with Crippen molar-refractivity contribution in [1.29, 1.82) is 0 Å². The molecule has 0 amide bonds. The highest BCUT2D eigenvalue weighted by Crippen LogP contribution is 2.20. The summed E-state index contributed by atoms with van der Waals surface area (Å²) in [5, 5.41) is 0.613. The summed E-state index contributed by atoms with van der Waals surface area (Å²) in [6.07, 6.45) is 4.59. The number of aromatic nitrogens is 3. The van der Waals surface area contributed by atoms with E-state index in [9.17, 15) is 4.79 Å². The van der Waals surface area contributed by atoms with Crippen molar-refractivity contribution < 1.29 is 4.79 Å². The minimum Gasteiger partial charge on any atom is -0.331 e. The standard InChI is InChI=1S/C10H7Cl2N3O/c1-15-3-2-13-10(15)9(16)8-7(12)4-6(11)5-14-8/h2-5H,1H3. The highest BCUT2D eigenvalue weighted by Gasteiger charge is 2.18. The van der Waals surface area contributed by atoms with Gasteiger partial charge in [0.05, 0.1) is 10.0 Å². The van der Waals surface area contributed by atoms with Gasteiger partial charge in [0.25, 0.3) is 0 Å². The van der Waals surface area contributed by atoms with Crippen LogP contribution in [0, 0.1) is 0 Å². The molecule has 0 aliphatic carbocycles. The number of ketones is 1. The van der Waals surface area contributed by atoms with E-state index in [1.54, 1.807) is 17.8 Å². The van der Waals surface area contributed by atoms with E-state index >= 15 is 0 Å². The van der Waals surface area contributed by atoms with Crippen LogP contribution in [-0.2, 0) is 7.05 Å². The Morgan fingerprint density at radius 1 is 1.38 bits per heavy atom. The first-order chi connectivity index (χ1) is 7.59. The van der Waals surface area contributed by atoms with E-state index in [0.29, 0.717) is 5.02 Å². The molecule has 0 N–H and O–H groups in total. The second-order valence-corrected chi connectivity index (χ2v) is 4.02. The van der Waals surface area contributed by atoms with E-state index in [-0.39, 0.29) is 22.3 Å². The van der Waals surface area contributed by atoms with Gasteiger partial charge in [0, 0.05) is 25.6 Å². The molecule has 0 atom stereocenters. The first kappa shape index (κ1) is 11.1. The Bertz CT molecular complexity index is 551. The molecular weight excluding hydrogens is 249 g/mol. The fraction of sp³-hybridized carbons (Fsp3) is 0.100. The van der Waals surface area contributed by atoms with Gasteiger partial charge in [-0.3, -0.25) is 4.79 Å². The Hall–Kier alpha value is -1.39. The number of aryl methyl sites for hydroxylation is 1. The molecule has 2 heterocycles. The molecule has 2 rings (SSSR count). The number of halogens is 2. The molecule has 2 aromatic heterocycles. The van der Waals surface area contributed by atoms with Gasteiger partial charge in [-0.15, -0.1) is 0 Å². The van der Waals surface area contributed by atoms with Crippen LogP contribution in [0.5, 0.6) is 0 Å². The molecule has 6 heteroatoms. The van der Waals surface area contributed by atoms with Gasteiger partial charge in [-0.05, 0) is 6.07 Å². The minimum atomic E-state index is -0.325. The van der Waals surface area contributed by atoms with Crippen LogP contribution in [0.1, 0.15) is 16.3 Å². The predicted octanol–water partition coefficient (Wildman–Crippen LogP) is 2.35. The number of carbonyl (C=O) groups is 1. The van der Waals surface area contributed by atoms with Crippen molar-refractivity contribution in [3.8, 4) is 0 Å². The molecule has 0 aliphatic rings. The maximum absolute atomic E-state index is 12.0. The third-order valence-electron chi connectivity index (χ3n) is 2.05. The Labute approximate surface area is 102 Å². The zero-order valence-electron chi connectivity index (χ0n) is 8.32. The van der Waals surface area contributed by atoms with Crippen molar-refractivity contribution >= 4 is 29.0 Å². The van der Waals surface area contributed by atoms with E-state index in [1.807, 2.05) is 0 Å². The third kappa shape index (κ3) is 1.94. The van der Waals surface area contributed by atoms with Crippen LogP contribution in [0.2, 0.25) is 10.0 Å². The number of hydrogen-bond donors (Lipinski definition) is 0. The summed E-state index contributed by atoms with van der Waals surface area (Å²) >= 11 is 11.6. The molecule has 0 aliphatic heterocycles. The predicted molar refractivity (Wildman–Crippen MR) is 60.9 cm³/mol. The lowest BCUT2D eigenvalue weighted by molar-refractivity contribution is 0.102. The number of carbonyl (C=O) groups excluding carboxylic acids is 1. The molecule has 0 spiro atoms. The van der Waals surface area contributed by atoms with Crippen LogP contribution in [0.25, 0.3) is 0 Å². The molecule has 2 aromatic rings. The zero-order valence-corrected chi connectivity index (χ0v) is 9.83. The van der Waals surface area contributed by atoms with Crippen LogP contribution in [0.15, 0.2) is 24.7 Å². The number of hydrogen-bond acceptors (Lipinski definition) is 3. The summed E-state index contributed by atoms with van der Waals surface area (Å²) in [6, 6.07) is 1.48. The number of imidazole rings is 1. The zero-order chi connectivity index (χ0) is 11.7. The molecule has 0 fully saturated rings. The smallest absolute Gasteiger partial charge is 0.248 e. The van der Waals surface area contributed by atoms with E-state index in [0.717, 1.165) is 0 Å². The lowest BCUT2D eigenvalue weighted by Gasteiger charge is -2.02. The van der Waals surface area contributed by atoms with Crippen molar-refractivity contribution in [2.75, 3.05) is 0 Å². The molecule has 16 heavy (non-hydrogen) atoms. The largest absolute Gasteiger partial charge is 0.331 e. The molecule has 0 saturated heterocycles. The normalized spacial score (nSPS) is 10.4. The first-order valence-electron chi connectivity index (χ1n) is 4.42. The Morgan fingerprint density at radius 2 is 2.12 bits per heavy atom. The summed E-state index contributed by atoms with van der Waals surface area (Å²) in [7, 11) is 1.73. The molecule has 82 valence electrons. The van der Waals surface area contributed by atoms with Gasteiger partial charge < -0.3 is 4.57 Å². The lowest BCUT2D eigenvalue weighted by atomic mass is 10.2. The fourth-order valence-electron chi connectivity index (χ4n) is 1.27. The van der Waals surface area contributed by atoms with Crippen LogP contribution in [-0.4, -0.2) is 20.3 Å². The van der Waals surface area contributed by atoms with Gasteiger partial charge in [-0.1, -0.05) is 23.2 Å². The highest BCUT2D eigenvalue weighted by atomic mass is 35.5. The molecule has 0 radical (unpaired) electrons. The first-order valence-corrected chi connectivity index (χ1v) is 5.18. The van der Waals surface area contributed by atoms with Crippen molar-refractivity contribution in [1.82, 2.24) is 14.5 Å². The highest BCUT2D eigenvalue weighted by molar-refractivity contribution is 6.36. The van der Waals surface area contributed by atoms with Crippen molar-refractivity contribution in [3.63, 3.8) is 0 Å². The van der Waals surface area contributed by atoms with Gasteiger partial charge in [0.1, 0.15) is 5.69 Å². The van der Waals surface area contributed by atoms with E-state index in [1.165, 1.54) is 18.5 Å². The molecule has 0 saturated carbocycles. The number of nitrogens with zero attached hydrogens (tertiary/aromatic N) is 3. The van der Waals surface area contributed by atoms with Crippen LogP contribution < -0.4 is 0 Å². The van der Waals surface area contributed by atoms with E-state index < -0.39 is 0 Å². The monoisotopic (exact) mass is 255 g/mol. The van der Waals surface area contributed by atoms with Crippen LogP contribution in [0.4, 0.5) is 0 Å². The van der Waals surface area contributed by atoms with Crippen molar-refractivity contribution in [3.05, 3.63) is 46.2 Å². The molecule has 0 unspecified atom stereocenters. The van der Waals surface area contributed by atoms with Crippen molar-refractivity contribution in [2.45, 2.75) is 0 Å². The second-order valence-electron chi connectivity index (χ2n) is 3.17. The third-order valence-corrected chi connectivity index (χ3v) is 2.54. The van der Waals surface area contributed by atoms with Crippen molar-refractivity contribution in [2.24, 2.45) is 7.05 Å². The Kier molecular flexibility index (Phi) is 2.94. The van der Waals surface area contributed by atoms with Gasteiger partial charge >= 0.3 is 0 Å². The second kappa shape index (κ2) is 4.23. The lowest BCUT2D eigenvalue weighted by Crippen LogP contribution is -2.10. The summed E-state index contributed by atoms with van der Waals surface area (Å²) < 4.78 is 1.61. The van der Waals surface area contributed by atoms with Gasteiger partial charge in [0.15, 0.2) is 5.82 Å². The average Bonchev–Trinajstić information content (AvgIpc) is 2.63. The van der Waals surface area contributed by atoms with Crippen LogP contribution >= 0.6 is 23.2 Å². The summed E-state index contributed by atoms with van der Waals surface area (Å²) in [6.45, 7) is 0. The molecule has 0 bridgehead atoms. The maximum Gasteiger partial charge on any atom is 0.248 e. The maximum atomic E-state index is 12.0. The van der Waals surface area contributed by atoms with Gasteiger partial charge in [-0.25, -0.2) is 9.97 Å². The Balaban J connectivity index is 2.46. The van der Waals surface area contributed by atoms with E-state index in [4.69, 9.17) is 23.2 Å². The van der Waals surface area contributed by atoms with Gasteiger partial charge in [0.2, 0.25) is 5.78 Å². The SMILES string of the molecule is Cn1ccnc1C(=O)c1ncc(Cl)cc1Cl. The van der Waals surface area contributed by atoms with Gasteiger partial charge in [-0.2, -0.15) is 0 Å². The molecule has 4 nitrogen and oxygen atoms in total. The minimum absolute atomic E-state index is 0.153. The quantitative estimate of drug-likeness (QED) is 0.775. The summed E-state index contributed by atoms with van der Waals surface area (Å²) in [4.78, 5) is 19.8. The van der Waals surface area contributed by atoms with E-state index in [2.05, 4.69) is 9.97 Å². The molecular formula is C10H7Cl2N3O. The average molecular weight is 256 g/mol. The fourth-order valence-corrected chi connectivity index (χ4v) is 1.74. The van der Waals surface area contributed by atoms with Crippen LogP contribution in [0.3, 0.4) is 0 Å². The topological polar surface area (TPSA) is 47.8 Å². The summed E-state index contributed by atoms with van der Waals surface area (Å²) in [5.74, 6) is -0.0362. The Morgan fingerprint density at radius 3 is 2.69 bits per heavy atom.